The van der Waals surface area contributed by atoms with Crippen LogP contribution in [-0.2, 0) is 16.0 Å². The molecule has 2 aromatic rings. The van der Waals surface area contributed by atoms with Crippen LogP contribution in [0.2, 0.25) is 5.02 Å². The Labute approximate surface area is 163 Å². The Bertz CT molecular complexity index is 869. The van der Waals surface area contributed by atoms with Gasteiger partial charge in [0.1, 0.15) is 6.61 Å². The van der Waals surface area contributed by atoms with E-state index in [0.717, 1.165) is 17.7 Å². The predicted molar refractivity (Wildman–Crippen MR) is 105 cm³/mol. The highest BCUT2D eigenvalue weighted by atomic mass is 35.5. The number of para-hydroxylation sites is 1. The van der Waals surface area contributed by atoms with Gasteiger partial charge in [-0.2, -0.15) is 0 Å². The summed E-state index contributed by atoms with van der Waals surface area (Å²) in [6.07, 6.45) is 0.735. The number of methoxy groups -OCH3 is 1. The van der Waals surface area contributed by atoms with E-state index in [4.69, 9.17) is 21.1 Å². The van der Waals surface area contributed by atoms with Crippen LogP contribution in [0.1, 0.15) is 22.8 Å². The molecular formula is C20H21ClN2O4. The number of hydrogen-bond acceptors (Lipinski definition) is 4. The van der Waals surface area contributed by atoms with Crippen LogP contribution in [0.15, 0.2) is 36.4 Å². The Morgan fingerprint density at radius 2 is 2.04 bits per heavy atom. The molecule has 27 heavy (non-hydrogen) atoms. The van der Waals surface area contributed by atoms with Crippen LogP contribution in [0.5, 0.6) is 5.75 Å². The molecule has 0 spiro atoms. The molecule has 0 aromatic heterocycles. The van der Waals surface area contributed by atoms with Gasteiger partial charge in [-0.1, -0.05) is 17.7 Å². The van der Waals surface area contributed by atoms with E-state index < -0.39 is 0 Å². The first kappa shape index (κ1) is 19.2. The topological polar surface area (TPSA) is 67.9 Å². The first-order chi connectivity index (χ1) is 13.0. The standard InChI is InChI=1S/C20H21ClN2O4/c1-13(24)23-9-8-14-12-15(6-7-18(14)23)20(25)22-17-5-3-4-16(21)19(17)27-11-10-26-2/h3-7,12H,8-11H2,1-2H3,(H,22,25). The second-order valence-corrected chi connectivity index (χ2v) is 6.58. The maximum atomic E-state index is 12.7. The zero-order valence-electron chi connectivity index (χ0n) is 15.3. The van der Waals surface area contributed by atoms with Crippen LogP contribution in [0.3, 0.4) is 0 Å². The molecule has 1 N–H and O–H groups in total. The maximum absolute atomic E-state index is 12.7. The van der Waals surface area contributed by atoms with Crippen molar-refractivity contribution in [2.75, 3.05) is 37.1 Å². The summed E-state index contributed by atoms with van der Waals surface area (Å²) in [5.74, 6) is 0.147. The summed E-state index contributed by atoms with van der Waals surface area (Å²) >= 11 is 6.21. The van der Waals surface area contributed by atoms with Crippen LogP contribution < -0.4 is 15.0 Å². The van der Waals surface area contributed by atoms with Crippen molar-refractivity contribution < 1.29 is 19.1 Å². The number of halogens is 1. The minimum absolute atomic E-state index is 0.00253. The molecule has 0 saturated carbocycles. The van der Waals surface area contributed by atoms with Gasteiger partial charge in [0.15, 0.2) is 5.75 Å². The summed E-state index contributed by atoms with van der Waals surface area (Å²) in [7, 11) is 1.58. The lowest BCUT2D eigenvalue weighted by Crippen LogP contribution is -2.25. The highest BCUT2D eigenvalue weighted by molar-refractivity contribution is 6.32. The summed E-state index contributed by atoms with van der Waals surface area (Å²) in [5, 5.41) is 3.26. The van der Waals surface area contributed by atoms with Gasteiger partial charge in [-0.3, -0.25) is 9.59 Å². The minimum Gasteiger partial charge on any atom is -0.487 e. The fourth-order valence-corrected chi connectivity index (χ4v) is 3.27. The third kappa shape index (κ3) is 4.23. The van der Waals surface area contributed by atoms with Crippen molar-refractivity contribution in [1.82, 2.24) is 0 Å². The van der Waals surface area contributed by atoms with Gasteiger partial charge in [0.05, 0.1) is 17.3 Å². The van der Waals surface area contributed by atoms with Gasteiger partial charge in [-0.15, -0.1) is 0 Å². The van der Waals surface area contributed by atoms with E-state index in [9.17, 15) is 9.59 Å². The monoisotopic (exact) mass is 388 g/mol. The predicted octanol–water partition coefficient (Wildman–Crippen LogP) is 3.53. The summed E-state index contributed by atoms with van der Waals surface area (Å²) in [6.45, 7) is 2.92. The number of fused-ring (bicyclic) bond motifs is 1. The molecule has 142 valence electrons. The second-order valence-electron chi connectivity index (χ2n) is 6.18. The van der Waals surface area contributed by atoms with Crippen molar-refractivity contribution in [2.24, 2.45) is 0 Å². The number of ether oxygens (including phenoxy) is 2. The Morgan fingerprint density at radius 3 is 2.78 bits per heavy atom. The van der Waals surface area contributed by atoms with E-state index in [1.54, 1.807) is 43.2 Å². The van der Waals surface area contributed by atoms with Gasteiger partial charge in [-0.25, -0.2) is 0 Å². The molecule has 1 aliphatic heterocycles. The summed E-state index contributed by atoms with van der Waals surface area (Å²) in [6, 6.07) is 10.5. The molecule has 0 unspecified atom stereocenters. The number of anilines is 2. The molecule has 1 aliphatic rings. The third-order valence-corrected chi connectivity index (χ3v) is 4.66. The lowest BCUT2D eigenvalue weighted by atomic mass is 10.1. The van der Waals surface area contributed by atoms with Crippen molar-refractivity contribution >= 4 is 34.8 Å². The van der Waals surface area contributed by atoms with Crippen LogP contribution >= 0.6 is 11.6 Å². The van der Waals surface area contributed by atoms with Gasteiger partial charge < -0.3 is 19.7 Å². The zero-order valence-corrected chi connectivity index (χ0v) is 16.0. The van der Waals surface area contributed by atoms with Gasteiger partial charge in [-0.05, 0) is 42.3 Å². The number of carbonyl (C=O) groups excluding carboxylic acids is 2. The number of benzene rings is 2. The van der Waals surface area contributed by atoms with E-state index in [-0.39, 0.29) is 11.8 Å². The van der Waals surface area contributed by atoms with E-state index in [2.05, 4.69) is 5.32 Å². The Balaban J connectivity index is 1.79. The molecule has 2 amide bonds. The van der Waals surface area contributed by atoms with E-state index in [0.29, 0.717) is 41.8 Å². The Kier molecular flexibility index (Phi) is 5.98. The Morgan fingerprint density at radius 1 is 1.22 bits per heavy atom. The number of nitrogens with one attached hydrogen (secondary N) is 1. The summed E-state index contributed by atoms with van der Waals surface area (Å²) in [4.78, 5) is 26.1. The number of amides is 2. The molecule has 0 saturated heterocycles. The molecular weight excluding hydrogens is 368 g/mol. The Hall–Kier alpha value is -2.57. The molecule has 7 heteroatoms. The van der Waals surface area contributed by atoms with Crippen LogP contribution in [-0.4, -0.2) is 38.7 Å². The fourth-order valence-electron chi connectivity index (χ4n) is 3.05. The first-order valence-electron chi connectivity index (χ1n) is 8.64. The molecule has 0 radical (unpaired) electrons. The average Bonchev–Trinajstić information content (AvgIpc) is 3.07. The fraction of sp³-hybridized carbons (Fsp3) is 0.300. The second kappa shape index (κ2) is 8.41. The smallest absolute Gasteiger partial charge is 0.255 e. The molecule has 2 aromatic carbocycles. The molecule has 3 rings (SSSR count). The normalized spacial score (nSPS) is 12.6. The minimum atomic E-state index is -0.266. The van der Waals surface area contributed by atoms with E-state index in [1.807, 2.05) is 12.1 Å². The van der Waals surface area contributed by atoms with E-state index in [1.165, 1.54) is 0 Å². The number of hydrogen-bond donors (Lipinski definition) is 1. The number of rotatable bonds is 6. The summed E-state index contributed by atoms with van der Waals surface area (Å²) in [5.41, 5.74) is 2.86. The van der Waals surface area contributed by atoms with Crippen molar-refractivity contribution in [1.29, 1.82) is 0 Å². The highest BCUT2D eigenvalue weighted by Crippen LogP contribution is 2.34. The lowest BCUT2D eigenvalue weighted by molar-refractivity contribution is -0.116. The van der Waals surface area contributed by atoms with E-state index >= 15 is 0 Å². The average molecular weight is 389 g/mol. The summed E-state index contributed by atoms with van der Waals surface area (Å²) < 4.78 is 10.6. The molecule has 6 nitrogen and oxygen atoms in total. The molecule has 0 fully saturated rings. The maximum Gasteiger partial charge on any atom is 0.255 e. The van der Waals surface area contributed by atoms with Crippen LogP contribution in [0, 0.1) is 0 Å². The zero-order chi connectivity index (χ0) is 19.4. The molecule has 1 heterocycles. The van der Waals surface area contributed by atoms with Crippen molar-refractivity contribution in [3.63, 3.8) is 0 Å². The SMILES string of the molecule is COCCOc1c(Cl)cccc1NC(=O)c1ccc2c(c1)CCN2C(C)=O. The van der Waals surface area contributed by atoms with Gasteiger partial charge in [0.2, 0.25) is 5.91 Å². The van der Waals surface area contributed by atoms with Crippen LogP contribution in [0.25, 0.3) is 0 Å². The van der Waals surface area contributed by atoms with Crippen molar-refractivity contribution in [3.05, 3.63) is 52.5 Å². The van der Waals surface area contributed by atoms with Crippen molar-refractivity contribution in [3.8, 4) is 5.75 Å². The first-order valence-corrected chi connectivity index (χ1v) is 9.01. The van der Waals surface area contributed by atoms with Gasteiger partial charge >= 0.3 is 0 Å². The molecule has 0 aliphatic carbocycles. The largest absolute Gasteiger partial charge is 0.487 e. The lowest BCUT2D eigenvalue weighted by Gasteiger charge is -2.16. The quantitative estimate of drug-likeness (QED) is 0.769. The number of nitrogens with zero attached hydrogens (tertiary/aromatic N) is 1. The number of carbonyl (C=O) groups is 2. The molecule has 0 bridgehead atoms. The highest BCUT2D eigenvalue weighted by Gasteiger charge is 2.23. The van der Waals surface area contributed by atoms with Gasteiger partial charge in [0, 0.05) is 31.8 Å². The van der Waals surface area contributed by atoms with Gasteiger partial charge in [0.25, 0.3) is 5.91 Å². The third-order valence-electron chi connectivity index (χ3n) is 4.37. The molecule has 0 atom stereocenters. The van der Waals surface area contributed by atoms with Crippen molar-refractivity contribution in [2.45, 2.75) is 13.3 Å². The van der Waals surface area contributed by atoms with Crippen LogP contribution in [0.4, 0.5) is 11.4 Å².